The van der Waals surface area contributed by atoms with E-state index in [-0.39, 0.29) is 30.3 Å². The summed E-state index contributed by atoms with van der Waals surface area (Å²) >= 11 is 7.89. The average molecular weight is 553 g/mol. The maximum atomic E-state index is 13.8. The molecule has 2 heterocycles. The molecule has 1 aliphatic rings. The summed E-state index contributed by atoms with van der Waals surface area (Å²) in [5.41, 5.74) is 2.90. The Morgan fingerprint density at radius 2 is 1.89 bits per heavy atom. The number of hydrogen-bond donors (Lipinski definition) is 0. The Labute approximate surface area is 235 Å². The minimum absolute atomic E-state index is 0.0226. The second-order valence-corrected chi connectivity index (χ2v) is 11.8. The van der Waals surface area contributed by atoms with Crippen LogP contribution in [0.1, 0.15) is 72.4 Å². The Morgan fingerprint density at radius 3 is 2.58 bits per heavy atom. The van der Waals surface area contributed by atoms with Gasteiger partial charge >= 0.3 is 0 Å². The van der Waals surface area contributed by atoms with Crippen LogP contribution < -0.4 is 4.74 Å². The van der Waals surface area contributed by atoms with E-state index in [0.717, 1.165) is 24.2 Å². The van der Waals surface area contributed by atoms with Gasteiger partial charge < -0.3 is 14.5 Å². The predicted octanol–water partition coefficient (Wildman–Crippen LogP) is 7.22. The summed E-state index contributed by atoms with van der Waals surface area (Å²) in [6.45, 7) is 10.0. The third kappa shape index (κ3) is 6.78. The third-order valence-corrected chi connectivity index (χ3v) is 8.52. The van der Waals surface area contributed by atoms with E-state index in [1.165, 1.54) is 10.4 Å². The molecule has 0 N–H and O–H groups in total. The first-order chi connectivity index (χ1) is 18.3. The number of halogens is 1. The van der Waals surface area contributed by atoms with Gasteiger partial charge in [-0.2, -0.15) is 0 Å². The van der Waals surface area contributed by atoms with Crippen molar-refractivity contribution in [1.82, 2.24) is 9.80 Å². The van der Waals surface area contributed by atoms with Crippen LogP contribution in [0.15, 0.2) is 60.0 Å². The number of nitrogens with zero attached hydrogens (tertiary/aromatic N) is 2. The number of thiophene rings is 1. The minimum atomic E-state index is -0.200. The van der Waals surface area contributed by atoms with Crippen LogP contribution in [0.3, 0.4) is 0 Å². The molecule has 0 fully saturated rings. The summed E-state index contributed by atoms with van der Waals surface area (Å²) < 4.78 is 6.22. The van der Waals surface area contributed by atoms with E-state index in [1.807, 2.05) is 17.0 Å². The molecule has 0 aliphatic carbocycles. The van der Waals surface area contributed by atoms with Gasteiger partial charge in [0.1, 0.15) is 18.9 Å². The van der Waals surface area contributed by atoms with Crippen LogP contribution in [0.5, 0.6) is 5.75 Å². The fraction of sp³-hybridized carbons (Fsp3) is 0.419. The van der Waals surface area contributed by atoms with Crippen molar-refractivity contribution in [3.63, 3.8) is 0 Å². The predicted molar refractivity (Wildman–Crippen MR) is 155 cm³/mol. The van der Waals surface area contributed by atoms with Gasteiger partial charge in [0.25, 0.3) is 5.91 Å². The van der Waals surface area contributed by atoms with Crippen LogP contribution >= 0.6 is 22.9 Å². The Bertz CT molecular complexity index is 1240. The number of ether oxygens (including phenoxy) is 1. The van der Waals surface area contributed by atoms with Crippen molar-refractivity contribution in [2.24, 2.45) is 5.92 Å². The van der Waals surface area contributed by atoms with Gasteiger partial charge in [-0.1, -0.05) is 63.9 Å². The number of carbonyl (C=O) groups excluding carboxylic acids is 2. The molecule has 202 valence electrons. The van der Waals surface area contributed by atoms with Crippen LogP contribution in [-0.2, 0) is 11.2 Å². The molecule has 2 unspecified atom stereocenters. The smallest absolute Gasteiger partial charge is 0.254 e. The zero-order valence-corrected chi connectivity index (χ0v) is 24.2. The summed E-state index contributed by atoms with van der Waals surface area (Å²) in [5.74, 6) is 1.27. The lowest BCUT2D eigenvalue weighted by molar-refractivity contribution is -0.135. The number of rotatable bonds is 10. The van der Waals surface area contributed by atoms with E-state index in [0.29, 0.717) is 36.2 Å². The second kappa shape index (κ2) is 12.8. The SMILES string of the molecule is CCC(C)CN(CC(=O)N1CCc2sccc2C1COc1ccc(C(C)C)cc1)C(=O)c1cccc(Cl)c1. The molecule has 2 aromatic carbocycles. The van der Waals surface area contributed by atoms with Gasteiger partial charge in [0.2, 0.25) is 5.91 Å². The number of fused-ring (bicyclic) bond motifs is 1. The Kier molecular flexibility index (Phi) is 9.50. The van der Waals surface area contributed by atoms with Gasteiger partial charge in [0.05, 0.1) is 6.04 Å². The van der Waals surface area contributed by atoms with E-state index in [9.17, 15) is 9.59 Å². The highest BCUT2D eigenvalue weighted by atomic mass is 35.5. The van der Waals surface area contributed by atoms with Crippen molar-refractivity contribution in [2.45, 2.75) is 52.5 Å². The molecule has 4 rings (SSSR count). The highest BCUT2D eigenvalue weighted by Crippen LogP contribution is 2.34. The van der Waals surface area contributed by atoms with Crippen LogP contribution in [0.2, 0.25) is 5.02 Å². The lowest BCUT2D eigenvalue weighted by atomic mass is 10.00. The summed E-state index contributed by atoms with van der Waals surface area (Å²) in [7, 11) is 0. The molecule has 1 aromatic heterocycles. The van der Waals surface area contributed by atoms with Gasteiger partial charge in [0.15, 0.2) is 0 Å². The van der Waals surface area contributed by atoms with E-state index in [2.05, 4.69) is 51.3 Å². The molecule has 0 radical (unpaired) electrons. The first kappa shape index (κ1) is 28.2. The average Bonchev–Trinajstić information content (AvgIpc) is 3.40. The van der Waals surface area contributed by atoms with Crippen molar-refractivity contribution >= 4 is 34.8 Å². The van der Waals surface area contributed by atoms with Gasteiger partial charge in [-0.15, -0.1) is 11.3 Å². The van der Waals surface area contributed by atoms with Crippen LogP contribution in [0.4, 0.5) is 0 Å². The van der Waals surface area contributed by atoms with E-state index in [1.54, 1.807) is 40.5 Å². The summed E-state index contributed by atoms with van der Waals surface area (Å²) in [6.07, 6.45) is 1.73. The van der Waals surface area contributed by atoms with Crippen molar-refractivity contribution in [3.8, 4) is 5.75 Å². The van der Waals surface area contributed by atoms with E-state index < -0.39 is 0 Å². The maximum absolute atomic E-state index is 13.8. The first-order valence-corrected chi connectivity index (χ1v) is 14.7. The standard InChI is InChI=1S/C31H37ClN2O3S/c1-5-22(4)18-33(31(36)24-7-6-8-25(32)17-24)19-30(35)34-15-13-29-27(14-16-38-29)28(34)20-37-26-11-9-23(10-12-26)21(2)3/h6-12,14,16-17,21-22,28H,5,13,15,18-20H2,1-4H3. The first-order valence-electron chi connectivity index (χ1n) is 13.4. The van der Waals surface area contributed by atoms with Crippen LogP contribution in [0.25, 0.3) is 0 Å². The van der Waals surface area contributed by atoms with Crippen molar-refractivity contribution in [2.75, 3.05) is 26.2 Å². The topological polar surface area (TPSA) is 49.9 Å². The minimum Gasteiger partial charge on any atom is -0.491 e. The Balaban J connectivity index is 1.53. The fourth-order valence-electron chi connectivity index (χ4n) is 4.78. The molecular weight excluding hydrogens is 516 g/mol. The number of amides is 2. The lowest BCUT2D eigenvalue weighted by Gasteiger charge is -2.37. The number of hydrogen-bond acceptors (Lipinski definition) is 4. The molecule has 5 nitrogen and oxygen atoms in total. The van der Waals surface area contributed by atoms with Gasteiger partial charge in [0, 0.05) is 28.6 Å². The normalized spacial score (nSPS) is 15.7. The summed E-state index contributed by atoms with van der Waals surface area (Å²) in [5, 5.41) is 2.59. The number of benzene rings is 2. The molecule has 7 heteroatoms. The molecule has 0 saturated heterocycles. The third-order valence-electron chi connectivity index (χ3n) is 7.28. The van der Waals surface area contributed by atoms with Gasteiger partial charge in [-0.05, 0) is 71.2 Å². The highest BCUT2D eigenvalue weighted by molar-refractivity contribution is 7.10. The fourth-order valence-corrected chi connectivity index (χ4v) is 5.90. The maximum Gasteiger partial charge on any atom is 0.254 e. The molecule has 3 aromatic rings. The molecular formula is C31H37ClN2O3S. The zero-order valence-electron chi connectivity index (χ0n) is 22.7. The molecule has 1 aliphatic heterocycles. The molecule has 0 saturated carbocycles. The highest BCUT2D eigenvalue weighted by Gasteiger charge is 2.34. The molecule has 0 spiro atoms. The monoisotopic (exact) mass is 552 g/mol. The number of carbonyl (C=O) groups is 2. The zero-order chi connectivity index (χ0) is 27.2. The Hall–Kier alpha value is -2.83. The van der Waals surface area contributed by atoms with Gasteiger partial charge in [-0.25, -0.2) is 0 Å². The van der Waals surface area contributed by atoms with E-state index in [4.69, 9.17) is 16.3 Å². The van der Waals surface area contributed by atoms with Crippen molar-refractivity contribution < 1.29 is 14.3 Å². The van der Waals surface area contributed by atoms with Crippen LogP contribution in [0, 0.1) is 5.92 Å². The second-order valence-electron chi connectivity index (χ2n) is 10.4. The summed E-state index contributed by atoms with van der Waals surface area (Å²) in [6, 6.07) is 17.0. The summed E-state index contributed by atoms with van der Waals surface area (Å²) in [4.78, 5) is 32.1. The molecule has 0 bridgehead atoms. The molecule has 2 atom stereocenters. The van der Waals surface area contributed by atoms with Crippen LogP contribution in [-0.4, -0.2) is 47.9 Å². The quantitative estimate of drug-likeness (QED) is 0.267. The van der Waals surface area contributed by atoms with Gasteiger partial charge in [-0.3, -0.25) is 9.59 Å². The lowest BCUT2D eigenvalue weighted by Crippen LogP contribution is -2.48. The molecule has 2 amide bonds. The van der Waals surface area contributed by atoms with Crippen molar-refractivity contribution in [3.05, 3.63) is 86.6 Å². The Morgan fingerprint density at radius 1 is 1.13 bits per heavy atom. The van der Waals surface area contributed by atoms with E-state index >= 15 is 0 Å². The molecule has 38 heavy (non-hydrogen) atoms. The largest absolute Gasteiger partial charge is 0.491 e. The van der Waals surface area contributed by atoms with Crippen molar-refractivity contribution in [1.29, 1.82) is 0 Å².